The van der Waals surface area contributed by atoms with Crippen LogP contribution >= 0.6 is 0 Å². The SMILES string of the molecule is COCC(=O)NCc1cccc2cccnc12. The molecule has 0 atom stereocenters. The van der Waals surface area contributed by atoms with E-state index >= 15 is 0 Å². The molecule has 0 saturated carbocycles. The van der Waals surface area contributed by atoms with Gasteiger partial charge in [0, 0.05) is 25.2 Å². The number of ether oxygens (including phenoxy) is 1. The quantitative estimate of drug-likeness (QED) is 0.866. The first kappa shape index (κ1) is 11.5. The Bertz CT molecular complexity index is 520. The lowest BCUT2D eigenvalue weighted by Gasteiger charge is -2.07. The summed E-state index contributed by atoms with van der Waals surface area (Å²) in [7, 11) is 1.50. The predicted octanol–water partition coefficient (Wildman–Crippen LogP) is 1.50. The summed E-state index contributed by atoms with van der Waals surface area (Å²) >= 11 is 0. The van der Waals surface area contributed by atoms with E-state index in [0.29, 0.717) is 6.54 Å². The van der Waals surface area contributed by atoms with E-state index in [-0.39, 0.29) is 12.5 Å². The Balaban J connectivity index is 2.16. The number of benzene rings is 1. The number of hydrogen-bond acceptors (Lipinski definition) is 3. The van der Waals surface area contributed by atoms with Crippen molar-refractivity contribution >= 4 is 16.8 Å². The van der Waals surface area contributed by atoms with Gasteiger partial charge in [-0.05, 0) is 11.6 Å². The molecule has 0 fully saturated rings. The minimum Gasteiger partial charge on any atom is -0.375 e. The van der Waals surface area contributed by atoms with E-state index in [0.717, 1.165) is 16.5 Å². The number of rotatable bonds is 4. The third-order valence-corrected chi connectivity index (χ3v) is 2.47. The van der Waals surface area contributed by atoms with Crippen molar-refractivity contribution in [3.63, 3.8) is 0 Å². The van der Waals surface area contributed by atoms with Gasteiger partial charge in [-0.3, -0.25) is 9.78 Å². The molecule has 4 heteroatoms. The van der Waals surface area contributed by atoms with Crippen molar-refractivity contribution < 1.29 is 9.53 Å². The molecule has 0 bridgehead atoms. The molecule has 2 aromatic rings. The summed E-state index contributed by atoms with van der Waals surface area (Å²) in [4.78, 5) is 15.6. The summed E-state index contributed by atoms with van der Waals surface area (Å²) in [6, 6.07) is 9.82. The number of hydrogen-bond donors (Lipinski definition) is 1. The number of carbonyl (C=O) groups is 1. The van der Waals surface area contributed by atoms with Crippen LogP contribution in [-0.4, -0.2) is 24.6 Å². The van der Waals surface area contributed by atoms with Crippen molar-refractivity contribution in [2.24, 2.45) is 0 Å². The molecule has 88 valence electrons. The van der Waals surface area contributed by atoms with E-state index in [9.17, 15) is 4.79 Å². The van der Waals surface area contributed by atoms with Crippen molar-refractivity contribution in [3.05, 3.63) is 42.1 Å². The van der Waals surface area contributed by atoms with E-state index in [2.05, 4.69) is 10.3 Å². The lowest BCUT2D eigenvalue weighted by Crippen LogP contribution is -2.26. The standard InChI is InChI=1S/C13H14N2O2/c1-17-9-12(16)15-8-11-5-2-4-10-6-3-7-14-13(10)11/h2-7H,8-9H2,1H3,(H,15,16). The second-order valence-corrected chi connectivity index (χ2v) is 3.70. The Hall–Kier alpha value is -1.94. The van der Waals surface area contributed by atoms with E-state index in [1.165, 1.54) is 7.11 Å². The summed E-state index contributed by atoms with van der Waals surface area (Å²) in [5.74, 6) is -0.125. The summed E-state index contributed by atoms with van der Waals surface area (Å²) in [6.45, 7) is 0.550. The molecule has 4 nitrogen and oxygen atoms in total. The highest BCUT2D eigenvalue weighted by Gasteiger charge is 2.03. The molecule has 1 amide bonds. The smallest absolute Gasteiger partial charge is 0.246 e. The topological polar surface area (TPSA) is 51.2 Å². The van der Waals surface area contributed by atoms with Crippen LogP contribution in [0.5, 0.6) is 0 Å². The van der Waals surface area contributed by atoms with Crippen LogP contribution in [0, 0.1) is 0 Å². The van der Waals surface area contributed by atoms with Crippen LogP contribution in [0.25, 0.3) is 10.9 Å². The maximum absolute atomic E-state index is 11.3. The molecule has 1 heterocycles. The zero-order valence-electron chi connectivity index (χ0n) is 9.64. The van der Waals surface area contributed by atoms with E-state index in [4.69, 9.17) is 4.74 Å². The predicted molar refractivity (Wildman–Crippen MR) is 65.5 cm³/mol. The molecule has 0 aliphatic carbocycles. The van der Waals surface area contributed by atoms with Gasteiger partial charge in [0.15, 0.2) is 0 Å². The first-order valence-electron chi connectivity index (χ1n) is 5.39. The monoisotopic (exact) mass is 230 g/mol. The normalized spacial score (nSPS) is 10.4. The Morgan fingerprint density at radius 2 is 2.18 bits per heavy atom. The molecular formula is C13H14N2O2. The summed E-state index contributed by atoms with van der Waals surface area (Å²) in [5, 5.41) is 3.86. The molecule has 1 aromatic carbocycles. The third kappa shape index (κ3) is 2.79. The molecule has 0 saturated heterocycles. The lowest BCUT2D eigenvalue weighted by molar-refractivity contribution is -0.124. The Labute approximate surface area is 99.6 Å². The highest BCUT2D eigenvalue weighted by molar-refractivity contribution is 5.82. The maximum Gasteiger partial charge on any atom is 0.246 e. The average Bonchev–Trinajstić information content (AvgIpc) is 2.36. The van der Waals surface area contributed by atoms with Gasteiger partial charge >= 0.3 is 0 Å². The minimum atomic E-state index is -0.125. The lowest BCUT2D eigenvalue weighted by atomic mass is 10.1. The fraction of sp³-hybridized carbons (Fsp3) is 0.231. The first-order valence-corrected chi connectivity index (χ1v) is 5.39. The van der Waals surface area contributed by atoms with Crippen LogP contribution < -0.4 is 5.32 Å². The van der Waals surface area contributed by atoms with Crippen molar-refractivity contribution in [2.75, 3.05) is 13.7 Å². The third-order valence-electron chi connectivity index (χ3n) is 2.47. The number of pyridine rings is 1. The Kier molecular flexibility index (Phi) is 3.67. The summed E-state index contributed by atoms with van der Waals surface area (Å²) < 4.78 is 4.75. The molecule has 0 spiro atoms. The number of nitrogens with one attached hydrogen (secondary N) is 1. The molecular weight excluding hydrogens is 216 g/mol. The molecule has 2 rings (SSSR count). The number of para-hydroxylation sites is 1. The van der Waals surface area contributed by atoms with Gasteiger partial charge in [0.25, 0.3) is 0 Å². The average molecular weight is 230 g/mol. The molecule has 17 heavy (non-hydrogen) atoms. The second kappa shape index (κ2) is 5.41. The van der Waals surface area contributed by atoms with Crippen molar-refractivity contribution in [1.29, 1.82) is 0 Å². The highest BCUT2D eigenvalue weighted by atomic mass is 16.5. The van der Waals surface area contributed by atoms with Gasteiger partial charge in [-0.2, -0.15) is 0 Å². The Morgan fingerprint density at radius 1 is 1.35 bits per heavy atom. The largest absolute Gasteiger partial charge is 0.375 e. The van der Waals surface area contributed by atoms with Gasteiger partial charge in [0.2, 0.25) is 5.91 Å². The minimum absolute atomic E-state index is 0.0815. The number of carbonyl (C=O) groups excluding carboxylic acids is 1. The van der Waals surface area contributed by atoms with Crippen LogP contribution in [0.4, 0.5) is 0 Å². The number of fused-ring (bicyclic) bond motifs is 1. The number of methoxy groups -OCH3 is 1. The van der Waals surface area contributed by atoms with E-state index < -0.39 is 0 Å². The van der Waals surface area contributed by atoms with Crippen LogP contribution in [0.2, 0.25) is 0 Å². The molecule has 1 aromatic heterocycles. The fourth-order valence-corrected chi connectivity index (χ4v) is 1.69. The highest BCUT2D eigenvalue weighted by Crippen LogP contribution is 2.15. The second-order valence-electron chi connectivity index (χ2n) is 3.70. The van der Waals surface area contributed by atoms with Gasteiger partial charge < -0.3 is 10.1 Å². The molecule has 0 unspecified atom stereocenters. The summed E-state index contributed by atoms with van der Waals surface area (Å²) in [6.07, 6.45) is 1.75. The number of amides is 1. The van der Waals surface area contributed by atoms with Gasteiger partial charge in [-0.25, -0.2) is 0 Å². The van der Waals surface area contributed by atoms with Gasteiger partial charge in [0.1, 0.15) is 6.61 Å². The van der Waals surface area contributed by atoms with Crippen LogP contribution in [0.15, 0.2) is 36.5 Å². The van der Waals surface area contributed by atoms with E-state index in [1.54, 1.807) is 6.20 Å². The molecule has 0 aliphatic heterocycles. The fourth-order valence-electron chi connectivity index (χ4n) is 1.69. The first-order chi connectivity index (χ1) is 8.31. The molecule has 0 radical (unpaired) electrons. The van der Waals surface area contributed by atoms with Crippen LogP contribution in [0.3, 0.4) is 0 Å². The van der Waals surface area contributed by atoms with Crippen LogP contribution in [0.1, 0.15) is 5.56 Å². The van der Waals surface area contributed by atoms with Crippen molar-refractivity contribution in [1.82, 2.24) is 10.3 Å². The van der Waals surface area contributed by atoms with Crippen LogP contribution in [-0.2, 0) is 16.1 Å². The zero-order chi connectivity index (χ0) is 12.1. The molecule has 0 aliphatic rings. The maximum atomic E-state index is 11.3. The Morgan fingerprint density at radius 3 is 3.00 bits per heavy atom. The van der Waals surface area contributed by atoms with Gasteiger partial charge in [-0.1, -0.05) is 24.3 Å². The number of nitrogens with zero attached hydrogens (tertiary/aromatic N) is 1. The van der Waals surface area contributed by atoms with Crippen molar-refractivity contribution in [3.8, 4) is 0 Å². The van der Waals surface area contributed by atoms with Crippen molar-refractivity contribution in [2.45, 2.75) is 6.54 Å². The number of aromatic nitrogens is 1. The van der Waals surface area contributed by atoms with E-state index in [1.807, 2.05) is 30.3 Å². The molecule has 1 N–H and O–H groups in total. The van der Waals surface area contributed by atoms with Gasteiger partial charge in [0.05, 0.1) is 5.52 Å². The zero-order valence-corrected chi connectivity index (χ0v) is 9.64. The van der Waals surface area contributed by atoms with Gasteiger partial charge in [-0.15, -0.1) is 0 Å². The summed E-state index contributed by atoms with van der Waals surface area (Å²) in [5.41, 5.74) is 1.93.